The molecule has 114 valence electrons. The maximum Gasteiger partial charge on any atom is 0.249 e. The van der Waals surface area contributed by atoms with Gasteiger partial charge in [-0.2, -0.15) is 0 Å². The number of rotatable bonds is 2. The van der Waals surface area contributed by atoms with Gasteiger partial charge in [0, 0.05) is 13.0 Å². The molecule has 0 saturated carbocycles. The van der Waals surface area contributed by atoms with E-state index in [9.17, 15) is 14.0 Å². The highest BCUT2D eigenvalue weighted by Crippen LogP contribution is 2.36. The second-order valence-corrected chi connectivity index (χ2v) is 6.06. The second kappa shape index (κ2) is 6.20. The lowest BCUT2D eigenvalue weighted by atomic mass is 10.0. The predicted octanol–water partition coefficient (Wildman–Crippen LogP) is 3.01. The zero-order valence-electron chi connectivity index (χ0n) is 11.6. The summed E-state index contributed by atoms with van der Waals surface area (Å²) >= 11 is 12.1. The fourth-order valence-corrected chi connectivity index (χ4v) is 2.93. The van der Waals surface area contributed by atoms with Crippen LogP contribution in [0.1, 0.15) is 20.3 Å². The van der Waals surface area contributed by atoms with Crippen molar-refractivity contribution in [1.82, 2.24) is 5.32 Å². The molecule has 21 heavy (non-hydrogen) atoms. The summed E-state index contributed by atoms with van der Waals surface area (Å²) in [6.45, 7) is 3.82. The van der Waals surface area contributed by atoms with Gasteiger partial charge in [-0.25, -0.2) is 4.39 Å². The van der Waals surface area contributed by atoms with E-state index in [1.165, 1.54) is 4.90 Å². The van der Waals surface area contributed by atoms with Crippen molar-refractivity contribution in [2.45, 2.75) is 26.3 Å². The van der Waals surface area contributed by atoms with Crippen LogP contribution in [0.2, 0.25) is 10.0 Å². The first-order chi connectivity index (χ1) is 9.81. The van der Waals surface area contributed by atoms with Crippen molar-refractivity contribution in [2.75, 3.05) is 11.4 Å². The molecule has 4 nitrogen and oxygen atoms in total. The van der Waals surface area contributed by atoms with Crippen molar-refractivity contribution in [1.29, 1.82) is 0 Å². The Morgan fingerprint density at radius 2 is 1.86 bits per heavy atom. The predicted molar refractivity (Wildman–Crippen MR) is 80.2 cm³/mol. The highest BCUT2D eigenvalue weighted by molar-refractivity contribution is 6.40. The molecule has 7 heteroatoms. The van der Waals surface area contributed by atoms with Gasteiger partial charge in [-0.1, -0.05) is 37.0 Å². The smallest absolute Gasteiger partial charge is 0.249 e. The number of hydrogen-bond acceptors (Lipinski definition) is 2. The minimum atomic E-state index is -0.655. The molecule has 0 radical (unpaired) electrons. The molecule has 0 bridgehead atoms. The largest absolute Gasteiger partial charge is 0.344 e. The molecule has 1 fully saturated rings. The molecule has 1 atom stereocenters. The number of nitrogens with zero attached hydrogens (tertiary/aromatic N) is 1. The third-order valence-corrected chi connectivity index (χ3v) is 3.91. The Hall–Kier alpha value is -1.33. The number of nitrogens with one attached hydrogen (secondary N) is 1. The van der Waals surface area contributed by atoms with Gasteiger partial charge in [-0.05, 0) is 18.1 Å². The average molecular weight is 333 g/mol. The first-order valence-corrected chi connectivity index (χ1v) is 7.32. The molecule has 1 unspecified atom stereocenters. The van der Waals surface area contributed by atoms with Crippen LogP contribution in [0, 0.1) is 11.7 Å². The molecule has 0 spiro atoms. The Balaban J connectivity index is 2.47. The Bertz CT molecular complexity index is 569. The Labute approximate surface area is 132 Å². The summed E-state index contributed by atoms with van der Waals surface area (Å²) in [7, 11) is 0. The quantitative estimate of drug-likeness (QED) is 0.904. The standard InChI is InChI=1S/C14H15Cl2FN2O2/c1-7(2)12-14(21)19(4-3-11(20)18-12)13-9(15)5-8(17)6-10(13)16/h5-7,12H,3-4H2,1-2H3,(H,18,20). The number of halogens is 3. The van der Waals surface area contributed by atoms with Crippen molar-refractivity contribution < 1.29 is 14.0 Å². The third-order valence-electron chi connectivity index (χ3n) is 3.33. The van der Waals surface area contributed by atoms with Gasteiger partial charge < -0.3 is 10.2 Å². The minimum Gasteiger partial charge on any atom is -0.344 e. The topological polar surface area (TPSA) is 49.4 Å². The fourth-order valence-electron chi connectivity index (χ4n) is 2.27. The Morgan fingerprint density at radius 1 is 1.29 bits per heavy atom. The van der Waals surface area contributed by atoms with Crippen LogP contribution < -0.4 is 10.2 Å². The summed E-state index contributed by atoms with van der Waals surface area (Å²) in [4.78, 5) is 25.7. The van der Waals surface area contributed by atoms with Gasteiger partial charge in [0.15, 0.2) is 0 Å². The first kappa shape index (κ1) is 16.0. The number of benzene rings is 1. The molecule has 0 aliphatic carbocycles. The molecule has 1 saturated heterocycles. The van der Waals surface area contributed by atoms with Crippen LogP contribution in [-0.2, 0) is 9.59 Å². The molecule has 2 amide bonds. The minimum absolute atomic E-state index is 0.0465. The lowest BCUT2D eigenvalue weighted by molar-refractivity contribution is -0.126. The molecule has 0 aromatic heterocycles. The summed E-state index contributed by atoms with van der Waals surface area (Å²) in [6, 6.07) is 1.54. The Morgan fingerprint density at radius 3 is 2.38 bits per heavy atom. The van der Waals surface area contributed by atoms with Gasteiger partial charge >= 0.3 is 0 Å². The van der Waals surface area contributed by atoms with E-state index < -0.39 is 11.9 Å². The van der Waals surface area contributed by atoms with E-state index in [0.717, 1.165) is 12.1 Å². The molecule has 1 N–H and O–H groups in total. The molecular weight excluding hydrogens is 318 g/mol. The van der Waals surface area contributed by atoms with Crippen LogP contribution in [0.3, 0.4) is 0 Å². The summed E-state index contributed by atoms with van der Waals surface area (Å²) in [5.74, 6) is -1.17. The number of carbonyl (C=O) groups excluding carboxylic acids is 2. The van der Waals surface area contributed by atoms with E-state index in [1.807, 2.05) is 13.8 Å². The highest BCUT2D eigenvalue weighted by Gasteiger charge is 2.34. The van der Waals surface area contributed by atoms with Crippen molar-refractivity contribution >= 4 is 40.7 Å². The van der Waals surface area contributed by atoms with Gasteiger partial charge in [0.2, 0.25) is 11.8 Å². The lowest BCUT2D eigenvalue weighted by Gasteiger charge is -2.27. The van der Waals surface area contributed by atoms with Gasteiger partial charge in [-0.3, -0.25) is 9.59 Å². The van der Waals surface area contributed by atoms with Crippen molar-refractivity contribution in [3.63, 3.8) is 0 Å². The van der Waals surface area contributed by atoms with Crippen LogP contribution in [0.5, 0.6) is 0 Å². The fraction of sp³-hybridized carbons (Fsp3) is 0.429. The van der Waals surface area contributed by atoms with Gasteiger partial charge in [0.1, 0.15) is 11.9 Å². The molecule has 1 aromatic rings. The van der Waals surface area contributed by atoms with Gasteiger partial charge in [0.25, 0.3) is 0 Å². The van der Waals surface area contributed by atoms with E-state index in [-0.39, 0.29) is 46.4 Å². The molecule has 1 aliphatic rings. The summed E-state index contributed by atoms with van der Waals surface area (Å²) < 4.78 is 13.3. The van der Waals surface area contributed by atoms with Crippen LogP contribution in [0.4, 0.5) is 10.1 Å². The van der Waals surface area contributed by atoms with Gasteiger partial charge in [0.05, 0.1) is 15.7 Å². The first-order valence-electron chi connectivity index (χ1n) is 6.56. The monoisotopic (exact) mass is 332 g/mol. The van der Waals surface area contributed by atoms with Crippen molar-refractivity contribution in [2.24, 2.45) is 5.92 Å². The van der Waals surface area contributed by atoms with E-state index >= 15 is 0 Å². The molecule has 2 rings (SSSR count). The Kier molecular flexibility index (Phi) is 4.74. The number of hydrogen-bond donors (Lipinski definition) is 1. The van der Waals surface area contributed by atoms with Crippen LogP contribution in [0.25, 0.3) is 0 Å². The van der Waals surface area contributed by atoms with Crippen LogP contribution >= 0.6 is 23.2 Å². The van der Waals surface area contributed by atoms with Gasteiger partial charge in [-0.15, -0.1) is 0 Å². The van der Waals surface area contributed by atoms with E-state index in [2.05, 4.69) is 5.32 Å². The normalized spacial score (nSPS) is 19.7. The SMILES string of the molecule is CC(C)C1NC(=O)CCN(c2c(Cl)cc(F)cc2Cl)C1=O. The van der Waals surface area contributed by atoms with Crippen LogP contribution in [0.15, 0.2) is 12.1 Å². The van der Waals surface area contributed by atoms with Crippen molar-refractivity contribution in [3.05, 3.63) is 28.0 Å². The van der Waals surface area contributed by atoms with Crippen molar-refractivity contribution in [3.8, 4) is 0 Å². The molecule has 1 aromatic carbocycles. The highest BCUT2D eigenvalue weighted by atomic mass is 35.5. The number of carbonyl (C=O) groups is 2. The lowest BCUT2D eigenvalue weighted by Crippen LogP contribution is -2.48. The average Bonchev–Trinajstić information content (AvgIpc) is 2.50. The molecule has 1 aliphatic heterocycles. The summed E-state index contributed by atoms with van der Waals surface area (Å²) in [5.41, 5.74) is 0.242. The molecular formula is C14H15Cl2FN2O2. The van der Waals surface area contributed by atoms with Crippen LogP contribution in [-0.4, -0.2) is 24.4 Å². The van der Waals surface area contributed by atoms with E-state index in [0.29, 0.717) is 0 Å². The summed E-state index contributed by atoms with van der Waals surface area (Å²) in [6.07, 6.45) is 0.138. The number of amides is 2. The summed E-state index contributed by atoms with van der Waals surface area (Å²) in [5, 5.41) is 2.78. The maximum atomic E-state index is 13.3. The van der Waals surface area contributed by atoms with E-state index in [1.54, 1.807) is 0 Å². The third kappa shape index (κ3) is 3.30. The molecule has 1 heterocycles. The second-order valence-electron chi connectivity index (χ2n) is 5.25. The van der Waals surface area contributed by atoms with E-state index in [4.69, 9.17) is 23.2 Å². The zero-order valence-corrected chi connectivity index (χ0v) is 13.1. The zero-order chi connectivity index (χ0) is 15.7. The number of anilines is 1. The maximum absolute atomic E-state index is 13.3.